The second kappa shape index (κ2) is 11.8. The van der Waals surface area contributed by atoms with Crippen LogP contribution in [0.3, 0.4) is 0 Å². The van der Waals surface area contributed by atoms with E-state index < -0.39 is 0 Å². The largest absolute Gasteiger partial charge is 0.493 e. The fraction of sp³-hybridized carbons (Fsp3) is 0.455. The van der Waals surface area contributed by atoms with Crippen molar-refractivity contribution in [3.63, 3.8) is 0 Å². The van der Waals surface area contributed by atoms with Crippen LogP contribution in [-0.2, 0) is 13.2 Å². The summed E-state index contributed by atoms with van der Waals surface area (Å²) in [5.74, 6) is 2.29. The van der Waals surface area contributed by atoms with E-state index in [9.17, 15) is 0 Å². The van der Waals surface area contributed by atoms with Gasteiger partial charge in [0.05, 0.1) is 11.6 Å². The van der Waals surface area contributed by atoms with Crippen molar-refractivity contribution in [2.45, 2.75) is 32.0 Å². The Kier molecular flexibility index (Phi) is 10.1. The lowest BCUT2D eigenvalue weighted by atomic mass is 9.84. The predicted molar refractivity (Wildman–Crippen MR) is 131 cm³/mol. The molecule has 3 fully saturated rings. The molecule has 1 N–H and O–H groups in total. The van der Waals surface area contributed by atoms with Gasteiger partial charge in [-0.15, -0.1) is 24.8 Å². The maximum atomic E-state index is 6.03. The van der Waals surface area contributed by atoms with Crippen LogP contribution in [0.2, 0.25) is 5.02 Å². The Morgan fingerprint density at radius 1 is 1.10 bits per heavy atom. The average Bonchev–Trinajstić information content (AvgIpc) is 2.73. The van der Waals surface area contributed by atoms with Gasteiger partial charge in [0.15, 0.2) is 11.5 Å². The number of ether oxygens (including phenoxy) is 2. The van der Waals surface area contributed by atoms with Crippen LogP contribution in [-0.4, -0.2) is 37.7 Å². The second-order valence-corrected chi connectivity index (χ2v) is 8.94. The van der Waals surface area contributed by atoms with E-state index in [0.29, 0.717) is 12.6 Å². The van der Waals surface area contributed by atoms with Gasteiger partial charge in [0.1, 0.15) is 6.61 Å². The molecule has 8 heteroatoms. The van der Waals surface area contributed by atoms with Crippen LogP contribution < -0.4 is 14.8 Å². The lowest BCUT2D eigenvalue weighted by molar-refractivity contribution is 0.0720. The zero-order valence-electron chi connectivity index (χ0n) is 16.9. The summed E-state index contributed by atoms with van der Waals surface area (Å²) >= 11 is 9.61. The molecule has 2 aromatic carbocycles. The van der Waals surface area contributed by atoms with Crippen molar-refractivity contribution < 1.29 is 9.47 Å². The monoisotopic (exact) mass is 536 g/mol. The minimum absolute atomic E-state index is 0. The normalized spacial score (nSPS) is 22.0. The molecule has 0 spiro atoms. The van der Waals surface area contributed by atoms with Gasteiger partial charge < -0.3 is 19.7 Å². The molecular formula is C22H28BrCl3N2O2. The molecule has 0 radical (unpaired) electrons. The summed E-state index contributed by atoms with van der Waals surface area (Å²) < 4.78 is 12.5. The van der Waals surface area contributed by atoms with E-state index in [-0.39, 0.29) is 24.8 Å². The minimum atomic E-state index is 0. The van der Waals surface area contributed by atoms with Crippen LogP contribution >= 0.6 is 52.3 Å². The van der Waals surface area contributed by atoms with Crippen molar-refractivity contribution in [3.8, 4) is 11.5 Å². The van der Waals surface area contributed by atoms with Crippen molar-refractivity contribution in [2.75, 3.05) is 26.7 Å². The number of benzene rings is 2. The first-order valence-corrected chi connectivity index (χ1v) is 11.0. The quantitative estimate of drug-likeness (QED) is 0.489. The maximum Gasteiger partial charge on any atom is 0.175 e. The van der Waals surface area contributed by atoms with Gasteiger partial charge in [-0.1, -0.05) is 23.7 Å². The molecular weight excluding hydrogens is 511 g/mol. The van der Waals surface area contributed by atoms with Crippen LogP contribution in [0.25, 0.3) is 0 Å². The van der Waals surface area contributed by atoms with Gasteiger partial charge in [0, 0.05) is 24.2 Å². The molecule has 0 amide bonds. The van der Waals surface area contributed by atoms with E-state index in [4.69, 9.17) is 21.1 Å². The maximum absolute atomic E-state index is 6.03. The van der Waals surface area contributed by atoms with Gasteiger partial charge in [0.25, 0.3) is 0 Å². The molecule has 0 saturated carbocycles. The Bertz CT molecular complexity index is 815. The van der Waals surface area contributed by atoms with Crippen molar-refractivity contribution in [2.24, 2.45) is 5.92 Å². The molecule has 3 heterocycles. The summed E-state index contributed by atoms with van der Waals surface area (Å²) in [5, 5.41) is 4.48. The zero-order chi connectivity index (χ0) is 19.5. The number of nitrogens with zero attached hydrogens (tertiary/aromatic N) is 1. The van der Waals surface area contributed by atoms with Gasteiger partial charge in [-0.25, -0.2) is 0 Å². The number of rotatable bonds is 7. The van der Waals surface area contributed by atoms with Gasteiger partial charge in [0.2, 0.25) is 0 Å². The van der Waals surface area contributed by atoms with Crippen molar-refractivity contribution in [1.29, 1.82) is 0 Å². The summed E-state index contributed by atoms with van der Waals surface area (Å²) in [6, 6.07) is 12.5. The third-order valence-electron chi connectivity index (χ3n) is 5.81. The number of hydrogen-bond donors (Lipinski definition) is 1. The number of methoxy groups -OCH3 is 1. The predicted octanol–water partition coefficient (Wildman–Crippen LogP) is 5.72. The van der Waals surface area contributed by atoms with Crippen molar-refractivity contribution in [3.05, 3.63) is 57.0 Å². The number of hydrogen-bond acceptors (Lipinski definition) is 4. The Morgan fingerprint density at radius 3 is 2.40 bits per heavy atom. The molecule has 2 bridgehead atoms. The van der Waals surface area contributed by atoms with Crippen LogP contribution in [0.15, 0.2) is 40.9 Å². The number of halogens is 4. The third kappa shape index (κ3) is 6.18. The summed E-state index contributed by atoms with van der Waals surface area (Å²) in [5.41, 5.74) is 2.26. The SMILES string of the molecule is COc1cc(CNC2CN3CCC2CC3)cc(Br)c1OCc1ccc(Cl)cc1.Cl.Cl. The fourth-order valence-corrected chi connectivity index (χ4v) is 4.93. The summed E-state index contributed by atoms with van der Waals surface area (Å²) in [6.45, 7) is 5.00. The molecule has 3 aliphatic rings. The lowest BCUT2D eigenvalue weighted by Gasteiger charge is -2.45. The highest BCUT2D eigenvalue weighted by Crippen LogP contribution is 2.37. The fourth-order valence-electron chi connectivity index (χ4n) is 4.20. The molecule has 5 rings (SSSR count). The highest BCUT2D eigenvalue weighted by Gasteiger charge is 2.33. The standard InChI is InChI=1S/C22H26BrClN2O2.2ClH/c1-27-21-11-16(12-25-20-13-26-8-6-17(20)7-9-26)10-19(23)22(21)28-14-15-2-4-18(24)5-3-15;;/h2-5,10-11,17,20,25H,6-9,12-14H2,1H3;2*1H. The van der Waals surface area contributed by atoms with Crippen LogP contribution in [0, 0.1) is 5.92 Å². The summed E-state index contributed by atoms with van der Waals surface area (Å²) in [6.07, 6.45) is 2.64. The van der Waals surface area contributed by atoms with Crippen molar-refractivity contribution in [1.82, 2.24) is 10.2 Å². The second-order valence-electron chi connectivity index (χ2n) is 7.65. The Morgan fingerprint density at radius 2 is 1.80 bits per heavy atom. The first kappa shape index (κ1) is 25.6. The molecule has 4 nitrogen and oxygen atoms in total. The molecule has 3 saturated heterocycles. The Labute approximate surface area is 204 Å². The average molecular weight is 539 g/mol. The minimum Gasteiger partial charge on any atom is -0.493 e. The number of piperidine rings is 3. The zero-order valence-corrected chi connectivity index (χ0v) is 20.9. The van der Waals surface area contributed by atoms with Gasteiger partial charge in [-0.3, -0.25) is 0 Å². The Hall–Kier alpha value is -0.690. The van der Waals surface area contributed by atoms with E-state index >= 15 is 0 Å². The van der Waals surface area contributed by atoms with Crippen molar-refractivity contribution >= 4 is 52.3 Å². The molecule has 0 aliphatic carbocycles. The highest BCUT2D eigenvalue weighted by atomic mass is 79.9. The Balaban J connectivity index is 0.00000160. The summed E-state index contributed by atoms with van der Waals surface area (Å²) in [7, 11) is 1.68. The third-order valence-corrected chi connectivity index (χ3v) is 6.65. The smallest absolute Gasteiger partial charge is 0.175 e. The first-order chi connectivity index (χ1) is 13.6. The molecule has 30 heavy (non-hydrogen) atoms. The topological polar surface area (TPSA) is 33.7 Å². The highest BCUT2D eigenvalue weighted by molar-refractivity contribution is 9.10. The van der Waals surface area contributed by atoms with E-state index in [1.165, 1.54) is 38.0 Å². The number of nitrogens with one attached hydrogen (secondary N) is 1. The summed E-state index contributed by atoms with van der Waals surface area (Å²) in [4.78, 5) is 2.57. The number of fused-ring (bicyclic) bond motifs is 3. The molecule has 1 atom stereocenters. The molecule has 0 aromatic heterocycles. The van der Waals surface area contributed by atoms with Crippen LogP contribution in [0.1, 0.15) is 24.0 Å². The molecule has 3 aliphatic heterocycles. The van der Waals surface area contributed by atoms with Gasteiger partial charge >= 0.3 is 0 Å². The van der Waals surface area contributed by atoms with E-state index in [1.54, 1.807) is 7.11 Å². The van der Waals surface area contributed by atoms with E-state index in [1.807, 2.05) is 24.3 Å². The van der Waals surface area contributed by atoms with Gasteiger partial charge in [-0.2, -0.15) is 0 Å². The lowest BCUT2D eigenvalue weighted by Crippen LogP contribution is -2.55. The molecule has 1 unspecified atom stereocenters. The van der Waals surface area contributed by atoms with Crippen LogP contribution in [0.5, 0.6) is 11.5 Å². The molecule has 2 aromatic rings. The molecule has 166 valence electrons. The van der Waals surface area contributed by atoms with E-state index in [2.05, 4.69) is 38.3 Å². The van der Waals surface area contributed by atoms with E-state index in [0.717, 1.165) is 39.0 Å². The van der Waals surface area contributed by atoms with Gasteiger partial charge in [-0.05, 0) is 83.2 Å². The van der Waals surface area contributed by atoms with Crippen LogP contribution in [0.4, 0.5) is 0 Å². The first-order valence-electron chi connectivity index (χ1n) is 9.82.